The molecule has 0 aliphatic rings. The molecular weight excluding hydrogens is 536 g/mol. The van der Waals surface area contributed by atoms with Crippen molar-refractivity contribution in [2.45, 2.75) is 0 Å². The Balaban J connectivity index is 1.58. The van der Waals surface area contributed by atoms with Gasteiger partial charge in [0, 0.05) is 10.0 Å². The zero-order valence-electron chi connectivity index (χ0n) is 21.2. The number of fused-ring (bicyclic) bond motifs is 8. The second-order valence-corrected chi connectivity index (χ2v) is 11.1. The van der Waals surface area contributed by atoms with E-state index >= 15 is 0 Å². The average molecular weight is 560 g/mol. The van der Waals surface area contributed by atoms with E-state index < -0.39 is 0 Å². The summed E-state index contributed by atoms with van der Waals surface area (Å²) in [7, 11) is 0. The standard InChI is InChI=1S/C38H23Br/c39-35-23-34(28-19-17-24-9-1-3-11-26(24)21-28)37-32-15-7-5-13-30(32)31-14-6-8-16-33(31)38(37)36(35)29-20-18-25-10-2-4-12-27(25)22-29/h1-23H. The van der Waals surface area contributed by atoms with E-state index in [2.05, 4.69) is 155 Å². The monoisotopic (exact) mass is 558 g/mol. The molecule has 8 aromatic rings. The minimum atomic E-state index is 1.11. The predicted molar refractivity (Wildman–Crippen MR) is 173 cm³/mol. The minimum absolute atomic E-state index is 1.11. The SMILES string of the molecule is Brc1cc(-c2ccc3ccccc3c2)c2c3ccccc3c3ccccc3c2c1-c1ccc2ccccc2c1. The van der Waals surface area contributed by atoms with E-state index in [4.69, 9.17) is 0 Å². The van der Waals surface area contributed by atoms with Gasteiger partial charge in [-0.05, 0) is 88.8 Å². The lowest BCUT2D eigenvalue weighted by atomic mass is 9.85. The van der Waals surface area contributed by atoms with Crippen molar-refractivity contribution in [3.8, 4) is 22.3 Å². The van der Waals surface area contributed by atoms with Crippen LogP contribution in [0.4, 0.5) is 0 Å². The third-order valence-corrected chi connectivity index (χ3v) is 8.69. The summed E-state index contributed by atoms with van der Waals surface area (Å²) >= 11 is 4.07. The lowest BCUT2D eigenvalue weighted by Crippen LogP contribution is -1.92. The van der Waals surface area contributed by atoms with Gasteiger partial charge in [-0.2, -0.15) is 0 Å². The van der Waals surface area contributed by atoms with Gasteiger partial charge < -0.3 is 0 Å². The second kappa shape index (κ2) is 8.80. The Kier molecular flexibility index (Phi) is 5.08. The quantitative estimate of drug-likeness (QED) is 0.185. The Labute approximate surface area is 235 Å². The second-order valence-electron chi connectivity index (χ2n) is 10.2. The van der Waals surface area contributed by atoms with Gasteiger partial charge in [0.05, 0.1) is 0 Å². The van der Waals surface area contributed by atoms with Crippen molar-refractivity contribution >= 4 is 69.8 Å². The minimum Gasteiger partial charge on any atom is -0.0616 e. The zero-order valence-corrected chi connectivity index (χ0v) is 22.7. The molecule has 0 spiro atoms. The molecule has 0 aliphatic carbocycles. The molecule has 0 aliphatic heterocycles. The van der Waals surface area contributed by atoms with Crippen LogP contribution < -0.4 is 0 Å². The van der Waals surface area contributed by atoms with Crippen LogP contribution in [0.2, 0.25) is 0 Å². The molecule has 8 aromatic carbocycles. The molecule has 0 fully saturated rings. The summed E-state index contributed by atoms with van der Waals surface area (Å²) in [4.78, 5) is 0. The molecule has 8 rings (SSSR count). The first-order valence-corrected chi connectivity index (χ1v) is 14.1. The largest absolute Gasteiger partial charge is 0.0616 e. The summed E-state index contributed by atoms with van der Waals surface area (Å²) in [6.07, 6.45) is 0. The number of hydrogen-bond donors (Lipinski definition) is 0. The molecule has 0 amide bonds. The fraction of sp³-hybridized carbons (Fsp3) is 0. The molecule has 0 aromatic heterocycles. The number of halogens is 1. The van der Waals surface area contributed by atoms with Crippen LogP contribution in [0.25, 0.3) is 76.1 Å². The van der Waals surface area contributed by atoms with Crippen LogP contribution in [0.3, 0.4) is 0 Å². The number of hydrogen-bond acceptors (Lipinski definition) is 0. The Morgan fingerprint density at radius 2 is 0.821 bits per heavy atom. The van der Waals surface area contributed by atoms with Gasteiger partial charge in [0.15, 0.2) is 0 Å². The smallest absolute Gasteiger partial charge is 0.0266 e. The maximum absolute atomic E-state index is 4.07. The summed E-state index contributed by atoms with van der Waals surface area (Å²) in [5.74, 6) is 0. The van der Waals surface area contributed by atoms with E-state index in [1.807, 2.05) is 0 Å². The first-order chi connectivity index (χ1) is 19.3. The molecule has 39 heavy (non-hydrogen) atoms. The number of rotatable bonds is 2. The highest BCUT2D eigenvalue weighted by Gasteiger charge is 2.20. The summed E-state index contributed by atoms with van der Waals surface area (Å²) in [5, 5.41) is 12.7. The first kappa shape index (κ1) is 22.5. The summed E-state index contributed by atoms with van der Waals surface area (Å²) in [6.45, 7) is 0. The highest BCUT2D eigenvalue weighted by molar-refractivity contribution is 9.10. The molecule has 0 radical (unpaired) electrons. The molecule has 1 heteroatoms. The molecule has 0 N–H and O–H groups in total. The van der Waals surface area contributed by atoms with Crippen molar-refractivity contribution in [2.75, 3.05) is 0 Å². The highest BCUT2D eigenvalue weighted by Crippen LogP contribution is 2.48. The van der Waals surface area contributed by atoms with Gasteiger partial charge in [0.2, 0.25) is 0 Å². The van der Waals surface area contributed by atoms with E-state index in [1.165, 1.54) is 76.1 Å². The van der Waals surface area contributed by atoms with Gasteiger partial charge >= 0.3 is 0 Å². The fourth-order valence-corrected chi connectivity index (χ4v) is 6.94. The van der Waals surface area contributed by atoms with Crippen LogP contribution in [-0.2, 0) is 0 Å². The van der Waals surface area contributed by atoms with E-state index in [-0.39, 0.29) is 0 Å². The topological polar surface area (TPSA) is 0 Å². The van der Waals surface area contributed by atoms with Crippen molar-refractivity contribution in [1.82, 2.24) is 0 Å². The van der Waals surface area contributed by atoms with Crippen LogP contribution in [-0.4, -0.2) is 0 Å². The van der Waals surface area contributed by atoms with Crippen LogP contribution in [0.1, 0.15) is 0 Å². The third-order valence-electron chi connectivity index (χ3n) is 8.06. The molecule has 0 saturated carbocycles. The van der Waals surface area contributed by atoms with Gasteiger partial charge in [0.25, 0.3) is 0 Å². The molecule has 0 atom stereocenters. The van der Waals surface area contributed by atoms with Crippen LogP contribution in [0.5, 0.6) is 0 Å². The summed E-state index contributed by atoms with van der Waals surface area (Å²) in [5.41, 5.74) is 4.93. The predicted octanol–water partition coefficient (Wildman–Crippen LogP) is 11.5. The Hall–Kier alpha value is -4.46. The van der Waals surface area contributed by atoms with E-state index in [1.54, 1.807) is 0 Å². The van der Waals surface area contributed by atoms with Gasteiger partial charge in [0.1, 0.15) is 0 Å². The lowest BCUT2D eigenvalue weighted by molar-refractivity contribution is 1.64. The molecule has 0 heterocycles. The Morgan fingerprint density at radius 3 is 1.44 bits per heavy atom. The van der Waals surface area contributed by atoms with Crippen molar-refractivity contribution in [1.29, 1.82) is 0 Å². The van der Waals surface area contributed by atoms with Crippen molar-refractivity contribution < 1.29 is 0 Å². The third kappa shape index (κ3) is 3.51. The number of benzene rings is 8. The van der Waals surface area contributed by atoms with Crippen molar-refractivity contribution in [2.24, 2.45) is 0 Å². The van der Waals surface area contributed by atoms with Gasteiger partial charge in [-0.25, -0.2) is 0 Å². The fourth-order valence-electron chi connectivity index (χ4n) is 6.28. The van der Waals surface area contributed by atoms with Crippen LogP contribution >= 0.6 is 15.9 Å². The first-order valence-electron chi connectivity index (χ1n) is 13.3. The Morgan fingerprint density at radius 1 is 0.359 bits per heavy atom. The molecule has 0 bridgehead atoms. The zero-order chi connectivity index (χ0) is 25.9. The lowest BCUT2D eigenvalue weighted by Gasteiger charge is -2.20. The average Bonchev–Trinajstić information content (AvgIpc) is 3.00. The van der Waals surface area contributed by atoms with Gasteiger partial charge in [-0.15, -0.1) is 0 Å². The summed E-state index contributed by atoms with van der Waals surface area (Å²) < 4.78 is 1.11. The van der Waals surface area contributed by atoms with Gasteiger partial charge in [-0.1, -0.05) is 137 Å². The van der Waals surface area contributed by atoms with E-state index in [0.29, 0.717) is 0 Å². The molecular formula is C38H23Br. The van der Waals surface area contributed by atoms with Crippen molar-refractivity contribution in [3.05, 3.63) is 144 Å². The van der Waals surface area contributed by atoms with Crippen LogP contribution in [0.15, 0.2) is 144 Å². The summed E-state index contributed by atoms with van der Waals surface area (Å²) in [6, 6.07) is 50.9. The van der Waals surface area contributed by atoms with Crippen molar-refractivity contribution in [3.63, 3.8) is 0 Å². The molecule has 0 saturated heterocycles. The molecule has 0 nitrogen and oxygen atoms in total. The highest BCUT2D eigenvalue weighted by atomic mass is 79.9. The van der Waals surface area contributed by atoms with Crippen LogP contribution in [0, 0.1) is 0 Å². The Bertz CT molecular complexity index is 2240. The van der Waals surface area contributed by atoms with Gasteiger partial charge in [-0.3, -0.25) is 0 Å². The van der Waals surface area contributed by atoms with E-state index in [0.717, 1.165) is 4.47 Å². The maximum atomic E-state index is 4.07. The van der Waals surface area contributed by atoms with E-state index in [9.17, 15) is 0 Å². The molecule has 182 valence electrons. The maximum Gasteiger partial charge on any atom is 0.0266 e. The normalized spacial score (nSPS) is 11.7. The molecule has 0 unspecified atom stereocenters.